The van der Waals surface area contributed by atoms with Crippen LogP contribution in [0.5, 0.6) is 0 Å². The summed E-state index contributed by atoms with van der Waals surface area (Å²) in [4.78, 5) is 29.8. The van der Waals surface area contributed by atoms with E-state index >= 15 is 0 Å². The molecule has 3 heterocycles. The number of anilines is 1. The summed E-state index contributed by atoms with van der Waals surface area (Å²) in [6.45, 7) is 0. The lowest BCUT2D eigenvalue weighted by Crippen LogP contribution is -2.41. The third-order valence-corrected chi connectivity index (χ3v) is 4.80. The van der Waals surface area contributed by atoms with Gasteiger partial charge in [0.2, 0.25) is 5.82 Å². The number of aliphatic hydroxyl groups is 2. The first kappa shape index (κ1) is 21.6. The van der Waals surface area contributed by atoms with Crippen LogP contribution in [0.2, 0.25) is 0 Å². The summed E-state index contributed by atoms with van der Waals surface area (Å²) >= 11 is 0. The van der Waals surface area contributed by atoms with Gasteiger partial charge in [0.1, 0.15) is 18.0 Å². The van der Waals surface area contributed by atoms with Crippen LogP contribution < -0.4 is 10.8 Å². The Hall–Kier alpha value is -3.63. The van der Waals surface area contributed by atoms with Crippen LogP contribution in [-0.2, 0) is 14.4 Å². The number of fused-ring (bicyclic) bond motifs is 1. The minimum Gasteiger partial charge on any atom is -0.387 e. The van der Waals surface area contributed by atoms with E-state index in [1.807, 2.05) is 0 Å². The molecule has 0 bridgehead atoms. The van der Waals surface area contributed by atoms with E-state index in [4.69, 9.17) is 9.57 Å². The summed E-state index contributed by atoms with van der Waals surface area (Å²) in [7, 11) is 2.79. The molecule has 3 aromatic rings. The summed E-state index contributed by atoms with van der Waals surface area (Å²) in [5, 5.41) is 23.1. The smallest absolute Gasteiger partial charge is 0.251 e. The molecule has 0 aliphatic carbocycles. The van der Waals surface area contributed by atoms with Crippen molar-refractivity contribution in [1.29, 1.82) is 0 Å². The summed E-state index contributed by atoms with van der Waals surface area (Å²) in [6.07, 6.45) is -3.94. The largest absolute Gasteiger partial charge is 0.387 e. The van der Waals surface area contributed by atoms with Gasteiger partial charge in [-0.15, -0.1) is 0 Å². The summed E-state index contributed by atoms with van der Waals surface area (Å²) in [5.74, 6) is 4.95. The number of nitrogens with zero attached hydrogens (tertiary/aromatic N) is 4. The van der Waals surface area contributed by atoms with Crippen molar-refractivity contribution in [2.24, 2.45) is 0 Å². The van der Waals surface area contributed by atoms with Crippen LogP contribution >= 0.6 is 0 Å². The van der Waals surface area contributed by atoms with Gasteiger partial charge in [0.25, 0.3) is 5.91 Å². The first-order valence-electron chi connectivity index (χ1n) is 9.47. The average Bonchev–Trinajstić information content (AvgIpc) is 3.34. The zero-order valence-electron chi connectivity index (χ0n) is 17.0. The van der Waals surface area contributed by atoms with Gasteiger partial charge in [-0.3, -0.25) is 14.2 Å². The monoisotopic (exact) mass is 442 g/mol. The molecular formula is C20H19FN6O5. The molecule has 0 radical (unpaired) electrons. The first-order valence-corrected chi connectivity index (χ1v) is 9.47. The second-order valence-corrected chi connectivity index (χ2v) is 6.83. The molecule has 0 unspecified atom stereocenters. The minimum atomic E-state index is -1.45. The number of halogens is 1. The lowest BCUT2D eigenvalue weighted by molar-refractivity contribution is -0.137. The van der Waals surface area contributed by atoms with Crippen molar-refractivity contribution in [2.75, 3.05) is 19.6 Å². The number of carbonyl (C=O) groups is 1. The Balaban J connectivity index is 1.75. The zero-order chi connectivity index (χ0) is 22.8. The SMILES string of the molecule is CNC(=O)[C@H]1O[C@@H](n2cnc3c(NOC)nc(C#Cc4ccc(F)cc4)nc32)[C@H](O)[C@@H]1O. The van der Waals surface area contributed by atoms with E-state index < -0.39 is 30.4 Å². The molecule has 1 aliphatic heterocycles. The highest BCUT2D eigenvalue weighted by molar-refractivity contribution is 5.83. The van der Waals surface area contributed by atoms with Crippen LogP contribution in [0.15, 0.2) is 30.6 Å². The molecule has 1 amide bonds. The van der Waals surface area contributed by atoms with Gasteiger partial charge in [0.05, 0.1) is 13.4 Å². The van der Waals surface area contributed by atoms with Crippen LogP contribution in [0, 0.1) is 17.7 Å². The van der Waals surface area contributed by atoms with Crippen LogP contribution in [-0.4, -0.2) is 68.1 Å². The molecule has 1 saturated heterocycles. The van der Waals surface area contributed by atoms with E-state index in [1.165, 1.54) is 49.3 Å². The van der Waals surface area contributed by atoms with Gasteiger partial charge in [0, 0.05) is 12.6 Å². The quantitative estimate of drug-likeness (QED) is 0.316. The molecule has 2 aromatic heterocycles. The standard InChI is InChI=1S/C20H19FN6O5/c1-22-19(30)16-14(28)15(29)20(32-16)27-9-23-13-17(26-31-2)24-12(25-18(13)27)8-5-10-3-6-11(21)7-4-10/h3-4,6-7,9,14-16,20,28-29H,1-2H3,(H,22,30)(H,24,25,26)/t14-,15+,16-,20+/m0/s1. The van der Waals surface area contributed by atoms with E-state index in [1.54, 1.807) is 0 Å². The third-order valence-electron chi connectivity index (χ3n) is 4.80. The number of hydrogen-bond donors (Lipinski definition) is 4. The number of amides is 1. The van der Waals surface area contributed by atoms with Crippen molar-refractivity contribution < 1.29 is 29.0 Å². The topological polar surface area (TPSA) is 144 Å². The van der Waals surface area contributed by atoms with Crippen LogP contribution in [0.3, 0.4) is 0 Å². The number of benzene rings is 1. The van der Waals surface area contributed by atoms with E-state index in [2.05, 4.69) is 37.6 Å². The van der Waals surface area contributed by atoms with Gasteiger partial charge in [-0.2, -0.15) is 4.98 Å². The van der Waals surface area contributed by atoms with Gasteiger partial charge in [-0.1, -0.05) is 5.92 Å². The molecule has 0 saturated carbocycles. The van der Waals surface area contributed by atoms with Crippen molar-refractivity contribution >= 4 is 22.9 Å². The third kappa shape index (κ3) is 3.97. The molecule has 166 valence electrons. The molecule has 4 atom stereocenters. The highest BCUT2D eigenvalue weighted by Crippen LogP contribution is 2.32. The highest BCUT2D eigenvalue weighted by Gasteiger charge is 2.47. The molecule has 1 aliphatic rings. The Morgan fingerprint density at radius 3 is 2.66 bits per heavy atom. The van der Waals surface area contributed by atoms with Crippen molar-refractivity contribution in [3.63, 3.8) is 0 Å². The van der Waals surface area contributed by atoms with Crippen molar-refractivity contribution in [1.82, 2.24) is 24.8 Å². The van der Waals surface area contributed by atoms with E-state index in [9.17, 15) is 19.4 Å². The molecule has 4 rings (SSSR count). The van der Waals surface area contributed by atoms with Gasteiger partial charge in [-0.25, -0.2) is 19.8 Å². The van der Waals surface area contributed by atoms with Crippen LogP contribution in [0.25, 0.3) is 11.2 Å². The fourth-order valence-electron chi connectivity index (χ4n) is 3.24. The number of rotatable bonds is 4. The highest BCUT2D eigenvalue weighted by atomic mass is 19.1. The predicted molar refractivity (Wildman–Crippen MR) is 108 cm³/mol. The molecule has 12 heteroatoms. The Morgan fingerprint density at radius 1 is 1.22 bits per heavy atom. The fourth-order valence-corrected chi connectivity index (χ4v) is 3.24. The number of nitrogens with one attached hydrogen (secondary N) is 2. The van der Waals surface area contributed by atoms with Gasteiger partial charge in [0.15, 0.2) is 29.3 Å². The summed E-state index contributed by atoms with van der Waals surface area (Å²) in [5.41, 5.74) is 3.65. The molecule has 1 aromatic carbocycles. The van der Waals surface area contributed by atoms with Crippen molar-refractivity contribution in [3.8, 4) is 11.8 Å². The Labute approximate surface area is 181 Å². The van der Waals surface area contributed by atoms with Gasteiger partial charge >= 0.3 is 0 Å². The molecule has 11 nitrogen and oxygen atoms in total. The average molecular weight is 442 g/mol. The molecule has 1 fully saturated rings. The maximum Gasteiger partial charge on any atom is 0.251 e. The number of ether oxygens (including phenoxy) is 1. The van der Waals surface area contributed by atoms with Gasteiger partial charge in [-0.05, 0) is 30.2 Å². The number of aromatic nitrogens is 4. The van der Waals surface area contributed by atoms with Crippen LogP contribution in [0.1, 0.15) is 17.6 Å². The fraction of sp³-hybridized carbons (Fsp3) is 0.300. The predicted octanol–water partition coefficient (Wildman–Crippen LogP) is -0.296. The van der Waals surface area contributed by atoms with E-state index in [0.717, 1.165) is 0 Å². The second kappa shape index (κ2) is 8.85. The summed E-state index contributed by atoms with van der Waals surface area (Å²) in [6, 6.07) is 5.60. The Morgan fingerprint density at radius 2 is 1.97 bits per heavy atom. The molecule has 0 spiro atoms. The normalized spacial score (nSPS) is 22.4. The van der Waals surface area contributed by atoms with Crippen molar-refractivity contribution in [2.45, 2.75) is 24.5 Å². The Bertz CT molecular complexity index is 1200. The van der Waals surface area contributed by atoms with Gasteiger partial charge < -0.3 is 20.3 Å². The first-order chi connectivity index (χ1) is 15.4. The number of carbonyl (C=O) groups excluding carboxylic acids is 1. The van der Waals surface area contributed by atoms with E-state index in [-0.39, 0.29) is 28.6 Å². The summed E-state index contributed by atoms with van der Waals surface area (Å²) < 4.78 is 20.1. The lowest BCUT2D eigenvalue weighted by atomic mass is 10.1. The number of aliphatic hydroxyl groups excluding tert-OH is 2. The maximum absolute atomic E-state index is 13.1. The number of hydrogen-bond acceptors (Lipinski definition) is 9. The molecular weight excluding hydrogens is 423 g/mol. The minimum absolute atomic E-state index is 0.0824. The second-order valence-electron chi connectivity index (χ2n) is 6.83. The molecule has 4 N–H and O–H groups in total. The number of imidazole rings is 1. The van der Waals surface area contributed by atoms with E-state index in [0.29, 0.717) is 5.56 Å². The lowest BCUT2D eigenvalue weighted by Gasteiger charge is -2.16. The zero-order valence-corrected chi connectivity index (χ0v) is 17.0. The van der Waals surface area contributed by atoms with Crippen LogP contribution in [0.4, 0.5) is 10.2 Å². The Kier molecular flexibility index (Phi) is 5.97. The molecule has 32 heavy (non-hydrogen) atoms. The maximum atomic E-state index is 13.1. The number of likely N-dealkylation sites (N-methyl/N-ethyl adjacent to an activating group) is 1. The van der Waals surface area contributed by atoms with Crippen molar-refractivity contribution in [3.05, 3.63) is 47.8 Å².